The number of aryl methyl sites for hydroxylation is 2. The maximum Gasteiger partial charge on any atom is 0.289 e. The summed E-state index contributed by atoms with van der Waals surface area (Å²) in [7, 11) is 6.57. The number of hydrogen-bond acceptors (Lipinski definition) is 5. The first-order valence-electron chi connectivity index (χ1n) is 8.93. The Morgan fingerprint density at radius 2 is 1.68 bits per heavy atom. The molecule has 0 aliphatic heterocycles. The summed E-state index contributed by atoms with van der Waals surface area (Å²) in [5.41, 5.74) is 3.46. The molecule has 0 fully saturated rings. The lowest BCUT2D eigenvalue weighted by atomic mass is 10.1. The van der Waals surface area contributed by atoms with Crippen LogP contribution in [0.5, 0.6) is 17.2 Å². The van der Waals surface area contributed by atoms with E-state index in [1.807, 2.05) is 44.2 Å². The van der Waals surface area contributed by atoms with Crippen LogP contribution < -0.4 is 14.2 Å². The van der Waals surface area contributed by atoms with Gasteiger partial charge in [0.2, 0.25) is 0 Å². The Labute approximate surface area is 164 Å². The molecule has 0 saturated carbocycles. The van der Waals surface area contributed by atoms with Crippen LogP contribution in [0.3, 0.4) is 0 Å². The number of carbonyl (C=O) groups is 1. The summed E-state index contributed by atoms with van der Waals surface area (Å²) in [6, 6.07) is 9.32. The van der Waals surface area contributed by atoms with Crippen molar-refractivity contribution in [2.45, 2.75) is 20.4 Å². The molecular weight excluding hydrogens is 358 g/mol. The number of furan rings is 1. The molecular formula is C22H25NO5. The Balaban J connectivity index is 1.89. The van der Waals surface area contributed by atoms with Gasteiger partial charge >= 0.3 is 0 Å². The number of benzene rings is 2. The fourth-order valence-electron chi connectivity index (χ4n) is 3.22. The lowest BCUT2D eigenvalue weighted by Crippen LogP contribution is -2.26. The van der Waals surface area contributed by atoms with Gasteiger partial charge in [0.1, 0.15) is 11.3 Å². The van der Waals surface area contributed by atoms with Gasteiger partial charge in [-0.3, -0.25) is 4.79 Å². The Morgan fingerprint density at radius 1 is 1.00 bits per heavy atom. The fourth-order valence-corrected chi connectivity index (χ4v) is 3.22. The minimum absolute atomic E-state index is 0.179. The van der Waals surface area contributed by atoms with Gasteiger partial charge in [0.05, 0.1) is 21.3 Å². The predicted octanol–water partition coefficient (Wildman–Crippen LogP) is 4.35. The van der Waals surface area contributed by atoms with Crippen LogP contribution in [0.15, 0.2) is 34.7 Å². The monoisotopic (exact) mass is 383 g/mol. The van der Waals surface area contributed by atoms with Crippen molar-refractivity contribution < 1.29 is 23.4 Å². The highest BCUT2D eigenvalue weighted by Gasteiger charge is 2.22. The lowest BCUT2D eigenvalue weighted by molar-refractivity contribution is 0.0754. The van der Waals surface area contributed by atoms with Gasteiger partial charge in [-0.05, 0) is 55.3 Å². The summed E-state index contributed by atoms with van der Waals surface area (Å²) in [6.45, 7) is 4.28. The molecule has 0 atom stereocenters. The molecule has 0 N–H and O–H groups in total. The molecule has 3 rings (SSSR count). The first kappa shape index (κ1) is 19.6. The van der Waals surface area contributed by atoms with Crippen LogP contribution in [-0.4, -0.2) is 39.2 Å². The van der Waals surface area contributed by atoms with Crippen molar-refractivity contribution in [3.8, 4) is 17.2 Å². The summed E-state index contributed by atoms with van der Waals surface area (Å²) in [5.74, 6) is 2.19. The third-order valence-corrected chi connectivity index (χ3v) is 4.93. The van der Waals surface area contributed by atoms with Crippen molar-refractivity contribution in [1.82, 2.24) is 4.90 Å². The number of fused-ring (bicyclic) bond motifs is 1. The number of carbonyl (C=O) groups excluding carboxylic acids is 1. The Bertz CT molecular complexity index is 1020. The second-order valence-corrected chi connectivity index (χ2v) is 6.71. The summed E-state index contributed by atoms with van der Waals surface area (Å²) >= 11 is 0. The van der Waals surface area contributed by atoms with Crippen LogP contribution >= 0.6 is 0 Å². The van der Waals surface area contributed by atoms with Gasteiger partial charge in [0.25, 0.3) is 5.91 Å². The van der Waals surface area contributed by atoms with Gasteiger partial charge in [0, 0.05) is 24.5 Å². The van der Waals surface area contributed by atoms with Gasteiger partial charge < -0.3 is 23.5 Å². The van der Waals surface area contributed by atoms with Gasteiger partial charge in [0.15, 0.2) is 17.3 Å². The van der Waals surface area contributed by atoms with E-state index in [0.29, 0.717) is 29.4 Å². The van der Waals surface area contributed by atoms with Crippen molar-refractivity contribution in [1.29, 1.82) is 0 Å². The van der Waals surface area contributed by atoms with Crippen molar-refractivity contribution in [3.63, 3.8) is 0 Å². The second kappa shape index (κ2) is 7.84. The van der Waals surface area contributed by atoms with E-state index in [-0.39, 0.29) is 5.91 Å². The molecule has 0 aliphatic rings. The number of rotatable bonds is 6. The molecule has 1 aromatic heterocycles. The summed E-state index contributed by atoms with van der Waals surface area (Å²) in [5, 5.41) is 0.874. The first-order valence-corrected chi connectivity index (χ1v) is 8.93. The maximum absolute atomic E-state index is 13.0. The summed E-state index contributed by atoms with van der Waals surface area (Å²) in [6.07, 6.45) is 0. The van der Waals surface area contributed by atoms with Gasteiger partial charge in [-0.25, -0.2) is 0 Å². The molecule has 0 bridgehead atoms. The Hall–Kier alpha value is -3.15. The van der Waals surface area contributed by atoms with Crippen LogP contribution in [-0.2, 0) is 6.54 Å². The van der Waals surface area contributed by atoms with Crippen molar-refractivity contribution in [3.05, 3.63) is 52.8 Å². The largest absolute Gasteiger partial charge is 0.497 e. The topological polar surface area (TPSA) is 61.1 Å². The van der Waals surface area contributed by atoms with Crippen molar-refractivity contribution in [2.75, 3.05) is 28.4 Å². The van der Waals surface area contributed by atoms with E-state index >= 15 is 0 Å². The number of methoxy groups -OCH3 is 3. The molecule has 148 valence electrons. The molecule has 6 nitrogen and oxygen atoms in total. The zero-order chi connectivity index (χ0) is 20.4. The molecule has 0 radical (unpaired) electrons. The van der Waals surface area contributed by atoms with E-state index in [4.69, 9.17) is 18.6 Å². The van der Waals surface area contributed by atoms with Crippen LogP contribution in [0.4, 0.5) is 0 Å². The standard InChI is InChI=1S/C22H25NO5/c1-13-9-19(26-5)20(27-6)10-15(13)12-23(3)22(24)21-14(2)17-11-16(25-4)7-8-18(17)28-21/h7-11H,12H2,1-6H3. The zero-order valence-electron chi connectivity index (χ0n) is 17.1. The Morgan fingerprint density at radius 3 is 2.32 bits per heavy atom. The van der Waals surface area contributed by atoms with E-state index in [0.717, 1.165) is 27.8 Å². The number of nitrogens with zero attached hydrogens (tertiary/aromatic N) is 1. The first-order chi connectivity index (χ1) is 13.4. The normalized spacial score (nSPS) is 10.8. The maximum atomic E-state index is 13.0. The molecule has 0 unspecified atom stereocenters. The molecule has 0 spiro atoms. The second-order valence-electron chi connectivity index (χ2n) is 6.71. The molecule has 6 heteroatoms. The average molecular weight is 383 g/mol. The molecule has 3 aromatic rings. The van der Waals surface area contributed by atoms with E-state index < -0.39 is 0 Å². The van der Waals surface area contributed by atoms with Gasteiger partial charge in [-0.15, -0.1) is 0 Å². The highest BCUT2D eigenvalue weighted by atomic mass is 16.5. The zero-order valence-corrected chi connectivity index (χ0v) is 17.1. The fraction of sp³-hybridized carbons (Fsp3) is 0.318. The summed E-state index contributed by atoms with van der Waals surface area (Å²) < 4.78 is 21.8. The van der Waals surface area contributed by atoms with E-state index in [1.165, 1.54) is 0 Å². The number of amides is 1. The third kappa shape index (κ3) is 3.50. The van der Waals surface area contributed by atoms with Crippen LogP contribution in [0, 0.1) is 13.8 Å². The van der Waals surface area contributed by atoms with Crippen molar-refractivity contribution in [2.24, 2.45) is 0 Å². The van der Waals surface area contributed by atoms with Crippen LogP contribution in [0.2, 0.25) is 0 Å². The van der Waals surface area contributed by atoms with Gasteiger partial charge in [-0.1, -0.05) is 0 Å². The average Bonchev–Trinajstić information content (AvgIpc) is 3.04. The highest BCUT2D eigenvalue weighted by Crippen LogP contribution is 2.32. The molecule has 28 heavy (non-hydrogen) atoms. The van der Waals surface area contributed by atoms with E-state index in [2.05, 4.69) is 0 Å². The minimum atomic E-state index is -0.179. The molecule has 0 saturated heterocycles. The molecule has 2 aromatic carbocycles. The smallest absolute Gasteiger partial charge is 0.289 e. The molecule has 1 amide bonds. The number of hydrogen-bond donors (Lipinski definition) is 0. The third-order valence-electron chi connectivity index (χ3n) is 4.93. The summed E-state index contributed by atoms with van der Waals surface area (Å²) in [4.78, 5) is 14.7. The van der Waals surface area contributed by atoms with Gasteiger partial charge in [-0.2, -0.15) is 0 Å². The van der Waals surface area contributed by atoms with Crippen LogP contribution in [0.1, 0.15) is 27.2 Å². The predicted molar refractivity (Wildman–Crippen MR) is 108 cm³/mol. The van der Waals surface area contributed by atoms with E-state index in [1.54, 1.807) is 33.3 Å². The quantitative estimate of drug-likeness (QED) is 0.633. The van der Waals surface area contributed by atoms with Crippen LogP contribution in [0.25, 0.3) is 11.0 Å². The SMILES string of the molecule is COc1ccc2oc(C(=O)N(C)Cc3cc(OC)c(OC)cc3C)c(C)c2c1. The highest BCUT2D eigenvalue weighted by molar-refractivity contribution is 5.99. The number of ether oxygens (including phenoxy) is 3. The lowest BCUT2D eigenvalue weighted by Gasteiger charge is -2.19. The molecule has 1 heterocycles. The Kier molecular flexibility index (Phi) is 5.49. The van der Waals surface area contributed by atoms with E-state index in [9.17, 15) is 4.79 Å². The minimum Gasteiger partial charge on any atom is -0.497 e. The molecule has 0 aliphatic carbocycles. The van der Waals surface area contributed by atoms with Crippen molar-refractivity contribution >= 4 is 16.9 Å².